The summed E-state index contributed by atoms with van der Waals surface area (Å²) in [7, 11) is 1.50. The van der Waals surface area contributed by atoms with Crippen molar-refractivity contribution in [2.75, 3.05) is 7.11 Å². The van der Waals surface area contributed by atoms with E-state index in [4.69, 9.17) is 9.84 Å². The lowest BCUT2D eigenvalue weighted by molar-refractivity contribution is 0.0697. The maximum absolute atomic E-state index is 11.0. The third-order valence-electron chi connectivity index (χ3n) is 2.46. The number of aryl methyl sites for hydroxylation is 1. The average molecular weight is 244 g/mol. The second kappa shape index (κ2) is 4.83. The lowest BCUT2D eigenvalue weighted by Gasteiger charge is -2.07. The van der Waals surface area contributed by atoms with E-state index >= 15 is 0 Å². The van der Waals surface area contributed by atoms with E-state index in [0.717, 1.165) is 5.56 Å². The van der Waals surface area contributed by atoms with Crippen LogP contribution in [0.3, 0.4) is 0 Å². The van der Waals surface area contributed by atoms with Crippen molar-refractivity contribution in [1.82, 2.24) is 9.97 Å². The Bertz CT molecular complexity index is 597. The van der Waals surface area contributed by atoms with Gasteiger partial charge in [-0.1, -0.05) is 0 Å². The highest BCUT2D eigenvalue weighted by Gasteiger charge is 2.12. The van der Waals surface area contributed by atoms with E-state index in [2.05, 4.69) is 9.97 Å². The summed E-state index contributed by atoms with van der Waals surface area (Å²) in [6.45, 7) is 1.83. The van der Waals surface area contributed by atoms with Crippen molar-refractivity contribution in [1.29, 1.82) is 0 Å². The first-order valence-corrected chi connectivity index (χ1v) is 5.32. The zero-order chi connectivity index (χ0) is 13.1. The number of carbonyl (C=O) groups is 1. The summed E-state index contributed by atoms with van der Waals surface area (Å²) in [5.74, 6) is -0.595. The van der Waals surface area contributed by atoms with Gasteiger partial charge in [0, 0.05) is 18.0 Å². The summed E-state index contributed by atoms with van der Waals surface area (Å²) < 4.78 is 5.12. The molecule has 5 heteroatoms. The molecule has 1 aromatic heterocycles. The fourth-order valence-corrected chi connectivity index (χ4v) is 1.72. The number of aromatic nitrogens is 2. The predicted molar refractivity (Wildman–Crippen MR) is 65.7 cm³/mol. The number of hydrogen-bond acceptors (Lipinski definition) is 4. The number of carboxylic acids is 1. The number of aromatic carboxylic acids is 1. The van der Waals surface area contributed by atoms with Crippen molar-refractivity contribution in [2.45, 2.75) is 6.92 Å². The van der Waals surface area contributed by atoms with Crippen LogP contribution in [-0.4, -0.2) is 28.2 Å². The normalized spacial score (nSPS) is 10.1. The third kappa shape index (κ3) is 2.29. The van der Waals surface area contributed by atoms with Gasteiger partial charge in [-0.15, -0.1) is 0 Å². The van der Waals surface area contributed by atoms with Crippen molar-refractivity contribution >= 4 is 5.97 Å². The van der Waals surface area contributed by atoms with Crippen LogP contribution >= 0.6 is 0 Å². The summed E-state index contributed by atoms with van der Waals surface area (Å²) >= 11 is 0. The average Bonchev–Trinajstić information content (AvgIpc) is 2.38. The Balaban J connectivity index is 2.60. The maximum atomic E-state index is 11.0. The van der Waals surface area contributed by atoms with Gasteiger partial charge in [-0.2, -0.15) is 0 Å². The number of hydrogen-bond donors (Lipinski definition) is 1. The van der Waals surface area contributed by atoms with Crippen LogP contribution in [0.25, 0.3) is 11.3 Å². The molecule has 2 aromatic rings. The van der Waals surface area contributed by atoms with Gasteiger partial charge in [0.15, 0.2) is 0 Å². The molecule has 0 fully saturated rings. The second-order valence-corrected chi connectivity index (χ2v) is 3.81. The van der Waals surface area contributed by atoms with Crippen LogP contribution in [0, 0.1) is 6.92 Å². The zero-order valence-corrected chi connectivity index (χ0v) is 10.0. The topological polar surface area (TPSA) is 72.3 Å². The lowest BCUT2D eigenvalue weighted by atomic mass is 10.0. The molecule has 1 heterocycles. The van der Waals surface area contributed by atoms with E-state index in [1.165, 1.54) is 13.3 Å². The SMILES string of the molecule is COc1nccnc1-c1cc(C)cc(C(=O)O)c1. The van der Waals surface area contributed by atoms with Crippen LogP contribution in [0.2, 0.25) is 0 Å². The van der Waals surface area contributed by atoms with E-state index in [1.54, 1.807) is 18.3 Å². The molecule has 0 saturated carbocycles. The van der Waals surface area contributed by atoms with Gasteiger partial charge in [-0.25, -0.2) is 14.8 Å². The molecule has 0 aliphatic carbocycles. The Morgan fingerprint density at radius 1 is 1.22 bits per heavy atom. The van der Waals surface area contributed by atoms with Gasteiger partial charge in [0.05, 0.1) is 12.7 Å². The number of methoxy groups -OCH3 is 1. The maximum Gasteiger partial charge on any atom is 0.335 e. The molecule has 1 aromatic carbocycles. The van der Waals surface area contributed by atoms with Crippen molar-refractivity contribution in [3.8, 4) is 17.1 Å². The zero-order valence-electron chi connectivity index (χ0n) is 10.0. The molecule has 0 aliphatic heterocycles. The molecule has 0 saturated heterocycles. The fourth-order valence-electron chi connectivity index (χ4n) is 1.72. The van der Waals surface area contributed by atoms with Crippen molar-refractivity contribution in [3.05, 3.63) is 41.7 Å². The molecule has 18 heavy (non-hydrogen) atoms. The van der Waals surface area contributed by atoms with Crippen LogP contribution in [0.1, 0.15) is 15.9 Å². The van der Waals surface area contributed by atoms with E-state index < -0.39 is 5.97 Å². The molecule has 0 spiro atoms. The van der Waals surface area contributed by atoms with Crippen molar-refractivity contribution in [3.63, 3.8) is 0 Å². The highest BCUT2D eigenvalue weighted by molar-refractivity contribution is 5.89. The van der Waals surface area contributed by atoms with E-state index in [9.17, 15) is 4.79 Å². The van der Waals surface area contributed by atoms with Gasteiger partial charge >= 0.3 is 5.97 Å². The van der Waals surface area contributed by atoms with Crippen LogP contribution in [0.4, 0.5) is 0 Å². The van der Waals surface area contributed by atoms with Crippen molar-refractivity contribution < 1.29 is 14.6 Å². The highest BCUT2D eigenvalue weighted by atomic mass is 16.5. The second-order valence-electron chi connectivity index (χ2n) is 3.81. The summed E-state index contributed by atoms with van der Waals surface area (Å²) in [6, 6.07) is 5.01. The monoisotopic (exact) mass is 244 g/mol. The van der Waals surface area contributed by atoms with Crippen LogP contribution in [-0.2, 0) is 0 Å². The largest absolute Gasteiger partial charge is 0.479 e. The van der Waals surface area contributed by atoms with Gasteiger partial charge in [0.1, 0.15) is 5.69 Å². The Kier molecular flexibility index (Phi) is 3.23. The van der Waals surface area contributed by atoms with Gasteiger partial charge in [-0.05, 0) is 30.7 Å². The van der Waals surface area contributed by atoms with Crippen LogP contribution in [0.5, 0.6) is 5.88 Å². The van der Waals surface area contributed by atoms with Gasteiger partial charge in [0.25, 0.3) is 0 Å². The molecule has 92 valence electrons. The molecule has 0 unspecified atom stereocenters. The number of ether oxygens (including phenoxy) is 1. The Morgan fingerprint density at radius 3 is 2.61 bits per heavy atom. The fraction of sp³-hybridized carbons (Fsp3) is 0.154. The van der Waals surface area contributed by atoms with E-state index in [-0.39, 0.29) is 5.56 Å². The predicted octanol–water partition coefficient (Wildman–Crippen LogP) is 2.16. The van der Waals surface area contributed by atoms with Crippen molar-refractivity contribution in [2.24, 2.45) is 0 Å². The van der Waals surface area contributed by atoms with Crippen LogP contribution < -0.4 is 4.74 Å². The summed E-state index contributed by atoms with van der Waals surface area (Å²) in [5.41, 5.74) is 2.28. The number of carboxylic acid groups (broad SMARTS) is 1. The molecule has 0 atom stereocenters. The molecule has 0 radical (unpaired) electrons. The summed E-state index contributed by atoms with van der Waals surface area (Å²) in [6.07, 6.45) is 3.07. The minimum absolute atomic E-state index is 0.220. The number of benzene rings is 1. The van der Waals surface area contributed by atoms with Gasteiger partial charge < -0.3 is 9.84 Å². The minimum Gasteiger partial charge on any atom is -0.479 e. The molecule has 1 N–H and O–H groups in total. The first-order valence-electron chi connectivity index (χ1n) is 5.32. The molecular weight excluding hydrogens is 232 g/mol. The Morgan fingerprint density at radius 2 is 1.94 bits per heavy atom. The van der Waals surface area contributed by atoms with E-state index in [1.807, 2.05) is 13.0 Å². The van der Waals surface area contributed by atoms with E-state index in [0.29, 0.717) is 17.1 Å². The quantitative estimate of drug-likeness (QED) is 0.895. The first kappa shape index (κ1) is 12.0. The third-order valence-corrected chi connectivity index (χ3v) is 2.46. The van der Waals surface area contributed by atoms with Gasteiger partial charge in [0.2, 0.25) is 5.88 Å². The standard InChI is InChI=1S/C13H12N2O3/c1-8-5-9(7-10(6-8)13(16)17)11-12(18-2)15-4-3-14-11/h3-7H,1-2H3,(H,16,17). The number of rotatable bonds is 3. The summed E-state index contributed by atoms with van der Waals surface area (Å²) in [5, 5.41) is 9.04. The minimum atomic E-state index is -0.970. The molecular formula is C13H12N2O3. The molecule has 0 bridgehead atoms. The molecule has 2 rings (SSSR count). The summed E-state index contributed by atoms with van der Waals surface area (Å²) in [4.78, 5) is 19.3. The molecule has 0 aliphatic rings. The molecule has 5 nitrogen and oxygen atoms in total. The smallest absolute Gasteiger partial charge is 0.335 e. The molecule has 0 amide bonds. The lowest BCUT2D eigenvalue weighted by Crippen LogP contribution is -1.99. The van der Waals surface area contributed by atoms with Gasteiger partial charge in [-0.3, -0.25) is 0 Å². The Labute approximate surface area is 104 Å². The van der Waals surface area contributed by atoms with Crippen LogP contribution in [0.15, 0.2) is 30.6 Å². The Hall–Kier alpha value is -2.43. The highest BCUT2D eigenvalue weighted by Crippen LogP contribution is 2.26. The number of nitrogens with zero attached hydrogens (tertiary/aromatic N) is 2. The first-order chi connectivity index (χ1) is 8.61.